The number of amides is 1. The van der Waals surface area contributed by atoms with E-state index in [1.165, 1.54) is 23.1 Å². The van der Waals surface area contributed by atoms with Crippen LogP contribution < -0.4 is 10.1 Å². The van der Waals surface area contributed by atoms with Crippen LogP contribution in [0, 0.1) is 0 Å². The number of hydrogen-bond donors (Lipinski definition) is 1. The van der Waals surface area contributed by atoms with E-state index in [-0.39, 0.29) is 12.2 Å². The van der Waals surface area contributed by atoms with Gasteiger partial charge >= 0.3 is 6.36 Å². The largest absolute Gasteiger partial charge is 0.573 e. The smallest absolute Gasteiger partial charge is 0.406 e. The molecule has 10 heteroatoms. The van der Waals surface area contributed by atoms with Gasteiger partial charge in [0.05, 0.1) is 0 Å². The summed E-state index contributed by atoms with van der Waals surface area (Å²) in [4.78, 5) is 11.6. The predicted molar refractivity (Wildman–Crippen MR) is 59.6 cm³/mol. The average Bonchev–Trinajstić information content (AvgIpc) is 2.79. The van der Waals surface area contributed by atoms with Crippen LogP contribution in [0.3, 0.4) is 0 Å². The van der Waals surface area contributed by atoms with Gasteiger partial charge in [-0.15, -0.1) is 18.3 Å². The zero-order valence-corrected chi connectivity index (χ0v) is 9.83. The highest BCUT2D eigenvalue weighted by atomic mass is 19.4. The van der Waals surface area contributed by atoms with E-state index in [1.54, 1.807) is 0 Å². The lowest BCUT2D eigenvalue weighted by Crippen LogP contribution is -2.20. The number of hydrogen-bond acceptors (Lipinski definition) is 5. The van der Waals surface area contributed by atoms with Gasteiger partial charge in [-0.25, -0.2) is 4.68 Å². The van der Waals surface area contributed by atoms with Crippen molar-refractivity contribution >= 4 is 11.6 Å². The zero-order chi connectivity index (χ0) is 14.6. The molecule has 0 fully saturated rings. The van der Waals surface area contributed by atoms with Crippen molar-refractivity contribution < 1.29 is 22.7 Å². The first kappa shape index (κ1) is 13.8. The lowest BCUT2D eigenvalue weighted by molar-refractivity contribution is -0.274. The number of nitrogens with zero attached hydrogens (tertiary/aromatic N) is 4. The molecule has 1 aromatic heterocycles. The molecule has 0 radical (unpaired) electrons. The first-order valence-electron chi connectivity index (χ1n) is 5.29. The van der Waals surface area contributed by atoms with E-state index in [2.05, 4.69) is 25.6 Å². The molecule has 0 aliphatic carbocycles. The SMILES string of the molecule is O=C(Cn1cnnn1)Nc1cccc(OC(F)(F)F)c1. The molecular weight excluding hydrogens is 279 g/mol. The van der Waals surface area contributed by atoms with Crippen LogP contribution in [0.4, 0.5) is 18.9 Å². The van der Waals surface area contributed by atoms with Gasteiger partial charge in [-0.05, 0) is 22.6 Å². The molecule has 20 heavy (non-hydrogen) atoms. The summed E-state index contributed by atoms with van der Waals surface area (Å²) in [7, 11) is 0. The molecule has 2 rings (SSSR count). The molecular formula is C10H8F3N5O2. The van der Waals surface area contributed by atoms with E-state index >= 15 is 0 Å². The fourth-order valence-electron chi connectivity index (χ4n) is 1.37. The van der Waals surface area contributed by atoms with Crippen molar-refractivity contribution in [2.24, 2.45) is 0 Å². The molecule has 0 aliphatic rings. The second kappa shape index (κ2) is 5.55. The van der Waals surface area contributed by atoms with Crippen LogP contribution >= 0.6 is 0 Å². The maximum Gasteiger partial charge on any atom is 0.573 e. The summed E-state index contributed by atoms with van der Waals surface area (Å²) in [6, 6.07) is 4.95. The Labute approximate surface area is 110 Å². The summed E-state index contributed by atoms with van der Waals surface area (Å²) in [6.45, 7) is -0.155. The van der Waals surface area contributed by atoms with Gasteiger partial charge in [0.25, 0.3) is 0 Å². The standard InChI is InChI=1S/C10H8F3N5O2/c11-10(12,13)20-8-3-1-2-7(4-8)15-9(19)5-18-6-14-16-17-18/h1-4,6H,5H2,(H,15,19). The number of aromatic nitrogens is 4. The minimum Gasteiger partial charge on any atom is -0.406 e. The Morgan fingerprint density at radius 2 is 2.20 bits per heavy atom. The van der Waals surface area contributed by atoms with Gasteiger partial charge in [-0.2, -0.15) is 0 Å². The molecule has 1 N–H and O–H groups in total. The maximum absolute atomic E-state index is 12.1. The normalized spacial score (nSPS) is 11.2. The van der Waals surface area contributed by atoms with E-state index in [4.69, 9.17) is 0 Å². The summed E-state index contributed by atoms with van der Waals surface area (Å²) in [5, 5.41) is 12.6. The monoisotopic (exact) mass is 287 g/mol. The highest BCUT2D eigenvalue weighted by Gasteiger charge is 2.31. The fraction of sp³-hybridized carbons (Fsp3) is 0.200. The number of tetrazole rings is 1. The topological polar surface area (TPSA) is 81.9 Å². The molecule has 0 atom stereocenters. The second-order valence-electron chi connectivity index (χ2n) is 3.63. The Balaban J connectivity index is 1.99. The molecule has 1 heterocycles. The predicted octanol–water partition coefficient (Wildman–Crippen LogP) is 1.21. The highest BCUT2D eigenvalue weighted by molar-refractivity contribution is 5.90. The van der Waals surface area contributed by atoms with Crippen molar-refractivity contribution in [3.8, 4) is 5.75 Å². The number of anilines is 1. The van der Waals surface area contributed by atoms with E-state index in [1.807, 2.05) is 0 Å². The zero-order valence-electron chi connectivity index (χ0n) is 9.83. The molecule has 1 amide bonds. The van der Waals surface area contributed by atoms with Crippen LogP contribution in [0.15, 0.2) is 30.6 Å². The van der Waals surface area contributed by atoms with Crippen molar-refractivity contribution in [2.45, 2.75) is 12.9 Å². The van der Waals surface area contributed by atoms with Crippen LogP contribution in [-0.4, -0.2) is 32.5 Å². The molecule has 0 saturated carbocycles. The lowest BCUT2D eigenvalue weighted by Gasteiger charge is -2.10. The molecule has 0 bridgehead atoms. The molecule has 0 saturated heterocycles. The van der Waals surface area contributed by atoms with Crippen LogP contribution in [0.25, 0.3) is 0 Å². The van der Waals surface area contributed by atoms with Crippen molar-refractivity contribution in [1.82, 2.24) is 20.2 Å². The van der Waals surface area contributed by atoms with E-state index in [0.717, 1.165) is 12.1 Å². The lowest BCUT2D eigenvalue weighted by atomic mass is 10.3. The first-order chi connectivity index (χ1) is 9.42. The summed E-state index contributed by atoms with van der Waals surface area (Å²) >= 11 is 0. The molecule has 1 aromatic carbocycles. The molecule has 2 aromatic rings. The van der Waals surface area contributed by atoms with Crippen LogP contribution in [-0.2, 0) is 11.3 Å². The summed E-state index contributed by atoms with van der Waals surface area (Å²) in [5.41, 5.74) is 0.171. The Bertz CT molecular complexity index is 585. The third-order valence-corrected chi connectivity index (χ3v) is 2.05. The summed E-state index contributed by atoms with van der Waals surface area (Å²) in [5.74, 6) is -0.904. The molecule has 0 aliphatic heterocycles. The van der Waals surface area contributed by atoms with E-state index in [0.29, 0.717) is 0 Å². The number of ether oxygens (including phenoxy) is 1. The average molecular weight is 287 g/mol. The number of halogens is 3. The number of carbonyl (C=O) groups excluding carboxylic acids is 1. The van der Waals surface area contributed by atoms with Gasteiger partial charge < -0.3 is 10.1 Å². The summed E-state index contributed by atoms with van der Waals surface area (Å²) in [6.07, 6.45) is -3.54. The van der Waals surface area contributed by atoms with Crippen LogP contribution in [0.1, 0.15) is 0 Å². The van der Waals surface area contributed by atoms with Crippen molar-refractivity contribution in [1.29, 1.82) is 0 Å². The fourth-order valence-corrected chi connectivity index (χ4v) is 1.37. The van der Waals surface area contributed by atoms with Gasteiger partial charge in [0.1, 0.15) is 18.6 Å². The number of nitrogens with one attached hydrogen (secondary N) is 1. The molecule has 0 spiro atoms. The van der Waals surface area contributed by atoms with Crippen molar-refractivity contribution in [3.05, 3.63) is 30.6 Å². The third kappa shape index (κ3) is 4.23. The van der Waals surface area contributed by atoms with Crippen LogP contribution in [0.5, 0.6) is 5.75 Å². The molecule has 106 valence electrons. The van der Waals surface area contributed by atoms with Crippen LogP contribution in [0.2, 0.25) is 0 Å². The Morgan fingerprint density at radius 1 is 1.40 bits per heavy atom. The van der Waals surface area contributed by atoms with Gasteiger partial charge in [-0.1, -0.05) is 6.07 Å². The van der Waals surface area contributed by atoms with Crippen molar-refractivity contribution in [2.75, 3.05) is 5.32 Å². The quantitative estimate of drug-likeness (QED) is 0.914. The van der Waals surface area contributed by atoms with Crippen molar-refractivity contribution in [3.63, 3.8) is 0 Å². The van der Waals surface area contributed by atoms with E-state index < -0.39 is 18.0 Å². The minimum atomic E-state index is -4.78. The number of rotatable bonds is 4. The van der Waals surface area contributed by atoms with Gasteiger partial charge in [0.15, 0.2) is 0 Å². The number of carbonyl (C=O) groups is 1. The Kier molecular flexibility index (Phi) is 3.82. The summed E-state index contributed by atoms with van der Waals surface area (Å²) < 4.78 is 41.1. The third-order valence-electron chi connectivity index (χ3n) is 2.05. The Morgan fingerprint density at radius 3 is 2.85 bits per heavy atom. The van der Waals surface area contributed by atoms with Gasteiger partial charge in [0.2, 0.25) is 5.91 Å². The van der Waals surface area contributed by atoms with Gasteiger partial charge in [0, 0.05) is 11.8 Å². The molecule has 7 nitrogen and oxygen atoms in total. The minimum absolute atomic E-state index is 0.155. The highest BCUT2D eigenvalue weighted by Crippen LogP contribution is 2.24. The maximum atomic E-state index is 12.1. The van der Waals surface area contributed by atoms with E-state index in [9.17, 15) is 18.0 Å². The number of benzene rings is 1. The van der Waals surface area contributed by atoms with Gasteiger partial charge in [-0.3, -0.25) is 4.79 Å². The second-order valence-corrected chi connectivity index (χ2v) is 3.63. The Hall–Kier alpha value is -2.65. The first-order valence-corrected chi connectivity index (χ1v) is 5.29. The molecule has 0 unspecified atom stereocenters. The number of alkyl halides is 3.